The number of amides is 3. The zero-order valence-electron chi connectivity index (χ0n) is 18.8. The fourth-order valence-corrected chi connectivity index (χ4v) is 3.53. The van der Waals surface area contributed by atoms with E-state index in [2.05, 4.69) is 15.6 Å². The highest BCUT2D eigenvalue weighted by atomic mass is 19.3. The van der Waals surface area contributed by atoms with E-state index in [0.717, 1.165) is 5.56 Å². The van der Waals surface area contributed by atoms with Gasteiger partial charge >= 0.3 is 0 Å². The van der Waals surface area contributed by atoms with Gasteiger partial charge in [-0.05, 0) is 42.4 Å². The number of carbonyl (C=O) groups excluding carboxylic acids is 3. The van der Waals surface area contributed by atoms with E-state index in [4.69, 9.17) is 5.73 Å². The summed E-state index contributed by atoms with van der Waals surface area (Å²) < 4.78 is 26.2. The molecule has 0 saturated carbocycles. The van der Waals surface area contributed by atoms with Crippen molar-refractivity contribution in [2.45, 2.75) is 71.0 Å². The van der Waals surface area contributed by atoms with Gasteiger partial charge in [0.25, 0.3) is 0 Å². The van der Waals surface area contributed by atoms with Crippen LogP contribution in [0.5, 0.6) is 0 Å². The van der Waals surface area contributed by atoms with Gasteiger partial charge < -0.3 is 21.3 Å². The molecule has 1 aliphatic heterocycles. The lowest BCUT2D eigenvalue weighted by Gasteiger charge is -2.33. The Morgan fingerprint density at radius 2 is 1.91 bits per heavy atom. The van der Waals surface area contributed by atoms with Crippen LogP contribution >= 0.6 is 0 Å². The number of aromatic nitrogens is 1. The molecule has 1 fully saturated rings. The second kappa shape index (κ2) is 11.3. The number of rotatable bonds is 9. The van der Waals surface area contributed by atoms with Gasteiger partial charge in [0.1, 0.15) is 12.1 Å². The van der Waals surface area contributed by atoms with Gasteiger partial charge in [-0.3, -0.25) is 19.4 Å². The molecule has 3 atom stereocenters. The second-order valence-electron chi connectivity index (χ2n) is 9.12. The van der Waals surface area contributed by atoms with Gasteiger partial charge in [-0.15, -0.1) is 0 Å². The molecule has 1 aromatic rings. The van der Waals surface area contributed by atoms with E-state index in [1.807, 2.05) is 20.8 Å². The van der Waals surface area contributed by atoms with Gasteiger partial charge in [-0.25, -0.2) is 8.78 Å². The van der Waals surface area contributed by atoms with E-state index in [9.17, 15) is 23.2 Å². The van der Waals surface area contributed by atoms with Crippen LogP contribution in [0.4, 0.5) is 8.78 Å². The van der Waals surface area contributed by atoms with Crippen LogP contribution in [-0.4, -0.2) is 65.2 Å². The minimum absolute atomic E-state index is 0.229. The normalized spacial score (nSPS) is 18.3. The van der Waals surface area contributed by atoms with Crippen LogP contribution in [0.3, 0.4) is 0 Å². The van der Waals surface area contributed by atoms with Gasteiger partial charge in [0.2, 0.25) is 24.1 Å². The highest BCUT2D eigenvalue weighted by molar-refractivity contribution is 5.93. The third-order valence-corrected chi connectivity index (χ3v) is 5.55. The van der Waals surface area contributed by atoms with Crippen molar-refractivity contribution in [1.82, 2.24) is 20.5 Å². The number of halogens is 2. The first-order valence-electron chi connectivity index (χ1n) is 10.8. The van der Waals surface area contributed by atoms with Gasteiger partial charge in [-0.1, -0.05) is 20.8 Å². The maximum atomic E-state index is 13.1. The van der Waals surface area contributed by atoms with E-state index in [1.54, 1.807) is 24.5 Å². The van der Waals surface area contributed by atoms with Crippen molar-refractivity contribution in [3.63, 3.8) is 0 Å². The molecule has 10 heteroatoms. The van der Waals surface area contributed by atoms with Gasteiger partial charge in [0.15, 0.2) is 0 Å². The van der Waals surface area contributed by atoms with Crippen molar-refractivity contribution < 1.29 is 23.2 Å². The molecule has 2 heterocycles. The standard InChI is InChI=1S/C22H33F2N5O3/c1-22(2,3)18(25)21(32)29-12-4-5-16(29)20(31)28-15(13-17(23)24)19(30)27-11-8-14-6-9-26-10-7-14/h6-7,9-10,15-18H,4-5,8,11-13,25H2,1-3H3,(H,27,30)(H,28,31)/t15-,16-,18+/m0/s1. The quantitative estimate of drug-likeness (QED) is 0.520. The van der Waals surface area contributed by atoms with Crippen molar-refractivity contribution in [1.29, 1.82) is 0 Å². The first-order chi connectivity index (χ1) is 15.0. The lowest BCUT2D eigenvalue weighted by molar-refractivity contribution is -0.142. The van der Waals surface area contributed by atoms with E-state index in [-0.39, 0.29) is 12.5 Å². The van der Waals surface area contributed by atoms with Gasteiger partial charge in [0, 0.05) is 31.9 Å². The molecule has 1 aromatic heterocycles. The van der Waals surface area contributed by atoms with Crippen LogP contribution in [0.25, 0.3) is 0 Å². The maximum Gasteiger partial charge on any atom is 0.243 e. The number of nitrogens with two attached hydrogens (primary N) is 1. The summed E-state index contributed by atoms with van der Waals surface area (Å²) in [5, 5.41) is 5.02. The van der Waals surface area contributed by atoms with Crippen LogP contribution in [0.15, 0.2) is 24.5 Å². The fraction of sp³-hybridized carbons (Fsp3) is 0.636. The highest BCUT2D eigenvalue weighted by Crippen LogP contribution is 2.24. The topological polar surface area (TPSA) is 117 Å². The molecule has 1 aliphatic rings. The van der Waals surface area contributed by atoms with Gasteiger partial charge in [0.05, 0.1) is 6.04 Å². The van der Waals surface area contributed by atoms with Crippen molar-refractivity contribution in [2.24, 2.45) is 11.1 Å². The Hall–Kier alpha value is -2.62. The molecule has 8 nitrogen and oxygen atoms in total. The average Bonchev–Trinajstić information content (AvgIpc) is 3.22. The molecule has 1 saturated heterocycles. The maximum absolute atomic E-state index is 13.1. The number of nitrogens with zero attached hydrogens (tertiary/aromatic N) is 2. The van der Waals surface area contributed by atoms with Crippen LogP contribution in [0.1, 0.15) is 45.6 Å². The zero-order valence-corrected chi connectivity index (χ0v) is 18.8. The third-order valence-electron chi connectivity index (χ3n) is 5.55. The third kappa shape index (κ3) is 7.22. The monoisotopic (exact) mass is 453 g/mol. The van der Waals surface area contributed by atoms with Crippen molar-refractivity contribution in [2.75, 3.05) is 13.1 Å². The Bertz CT molecular complexity index is 786. The molecule has 0 aromatic carbocycles. The molecule has 0 radical (unpaired) electrons. The summed E-state index contributed by atoms with van der Waals surface area (Å²) in [7, 11) is 0. The number of pyridine rings is 1. The van der Waals surface area contributed by atoms with E-state index >= 15 is 0 Å². The van der Waals surface area contributed by atoms with Crippen molar-refractivity contribution in [3.05, 3.63) is 30.1 Å². The fourth-order valence-electron chi connectivity index (χ4n) is 3.53. The number of alkyl halides is 2. The van der Waals surface area contributed by atoms with Crippen molar-refractivity contribution >= 4 is 17.7 Å². The van der Waals surface area contributed by atoms with Gasteiger partial charge in [-0.2, -0.15) is 0 Å². The molecule has 4 N–H and O–H groups in total. The number of carbonyl (C=O) groups is 3. The Kier molecular flexibility index (Phi) is 9.06. The van der Waals surface area contributed by atoms with Crippen LogP contribution < -0.4 is 16.4 Å². The lowest BCUT2D eigenvalue weighted by atomic mass is 9.86. The Morgan fingerprint density at radius 3 is 2.50 bits per heavy atom. The number of hydrogen-bond donors (Lipinski definition) is 3. The smallest absolute Gasteiger partial charge is 0.243 e. The molecule has 0 aliphatic carbocycles. The summed E-state index contributed by atoms with van der Waals surface area (Å²) >= 11 is 0. The minimum Gasteiger partial charge on any atom is -0.354 e. The van der Waals surface area contributed by atoms with Crippen LogP contribution in [0, 0.1) is 5.41 Å². The number of nitrogens with one attached hydrogen (secondary N) is 2. The van der Waals surface area contributed by atoms with E-state index in [0.29, 0.717) is 25.8 Å². The van der Waals surface area contributed by atoms with Crippen LogP contribution in [-0.2, 0) is 20.8 Å². The Morgan fingerprint density at radius 1 is 1.25 bits per heavy atom. The number of hydrogen-bond acceptors (Lipinski definition) is 5. The summed E-state index contributed by atoms with van der Waals surface area (Å²) in [6, 6.07) is 0.552. The molecule has 3 amide bonds. The summed E-state index contributed by atoms with van der Waals surface area (Å²) in [6.45, 7) is 6.08. The minimum atomic E-state index is -2.78. The van der Waals surface area contributed by atoms with E-state index < -0.39 is 48.2 Å². The molecule has 178 valence electrons. The molecule has 0 unspecified atom stereocenters. The first kappa shape index (κ1) is 25.6. The molecular formula is C22H33F2N5O3. The number of likely N-dealkylation sites (tertiary alicyclic amines) is 1. The zero-order chi connectivity index (χ0) is 23.9. The largest absolute Gasteiger partial charge is 0.354 e. The second-order valence-corrected chi connectivity index (χ2v) is 9.12. The highest BCUT2D eigenvalue weighted by Gasteiger charge is 2.40. The summed E-state index contributed by atoms with van der Waals surface area (Å²) in [5.74, 6) is -1.66. The Labute approximate surface area is 187 Å². The molecule has 32 heavy (non-hydrogen) atoms. The molecule has 2 rings (SSSR count). The predicted octanol–water partition coefficient (Wildman–Crippen LogP) is 1.24. The molecule has 0 bridgehead atoms. The average molecular weight is 454 g/mol. The molecular weight excluding hydrogens is 420 g/mol. The summed E-state index contributed by atoms with van der Waals surface area (Å²) in [5.41, 5.74) is 6.51. The molecule has 0 spiro atoms. The Balaban J connectivity index is 1.99. The lowest BCUT2D eigenvalue weighted by Crippen LogP contribution is -2.57. The van der Waals surface area contributed by atoms with Crippen molar-refractivity contribution in [3.8, 4) is 0 Å². The van der Waals surface area contributed by atoms with E-state index in [1.165, 1.54) is 4.90 Å². The SMILES string of the molecule is CC(C)(C)[C@H](N)C(=O)N1CCC[C@H]1C(=O)N[C@@H](CC(F)F)C(=O)NCCc1ccncc1. The summed E-state index contributed by atoms with van der Waals surface area (Å²) in [6.07, 6.45) is 1.14. The summed E-state index contributed by atoms with van der Waals surface area (Å²) in [4.78, 5) is 43.4. The van der Waals surface area contributed by atoms with Crippen LogP contribution in [0.2, 0.25) is 0 Å². The predicted molar refractivity (Wildman–Crippen MR) is 116 cm³/mol. The first-order valence-corrected chi connectivity index (χ1v) is 10.8.